The minimum Gasteiger partial charge on any atom is -0.464 e. The highest BCUT2D eigenvalue weighted by Gasteiger charge is 2.27. The van der Waals surface area contributed by atoms with E-state index in [9.17, 15) is 9.59 Å². The van der Waals surface area contributed by atoms with E-state index in [1.54, 1.807) is 0 Å². The highest BCUT2D eigenvalue weighted by atomic mass is 16.5. The van der Waals surface area contributed by atoms with Gasteiger partial charge in [-0.05, 0) is 19.4 Å². The van der Waals surface area contributed by atoms with Gasteiger partial charge in [0.1, 0.15) is 6.04 Å². The lowest BCUT2D eigenvalue weighted by atomic mass is 10.1. The summed E-state index contributed by atoms with van der Waals surface area (Å²) in [5.41, 5.74) is 5.45. The van der Waals surface area contributed by atoms with Crippen LogP contribution in [0, 0.1) is 0 Å². The Morgan fingerprint density at radius 1 is 1.05 bits per heavy atom. The van der Waals surface area contributed by atoms with Gasteiger partial charge in [0.2, 0.25) is 5.91 Å². The molecule has 1 saturated heterocycles. The summed E-state index contributed by atoms with van der Waals surface area (Å²) in [6.07, 6.45) is 11.8. The van der Waals surface area contributed by atoms with Crippen LogP contribution in [0.1, 0.15) is 70.6 Å². The molecule has 1 fully saturated rings. The lowest BCUT2D eigenvalue weighted by molar-refractivity contribution is -0.141. The molecule has 3 N–H and O–H groups in total. The number of unbranched alkanes of at least 4 members (excludes halogenated alkanes) is 8. The first kappa shape index (κ1) is 18.0. The monoisotopic (exact) mass is 298 g/mol. The van der Waals surface area contributed by atoms with Crippen LogP contribution in [0.5, 0.6) is 0 Å². The molecule has 0 aromatic carbocycles. The third-order valence-electron chi connectivity index (χ3n) is 3.88. The summed E-state index contributed by atoms with van der Waals surface area (Å²) in [7, 11) is 0. The molecular weight excluding hydrogens is 268 g/mol. The van der Waals surface area contributed by atoms with Gasteiger partial charge in [0, 0.05) is 12.8 Å². The second kappa shape index (κ2) is 11.5. The molecular formula is C16H30N2O3. The molecule has 0 aliphatic carbocycles. The Kier molecular flexibility index (Phi) is 9.87. The lowest BCUT2D eigenvalue weighted by Crippen LogP contribution is -2.37. The fraction of sp³-hybridized carbons (Fsp3) is 0.875. The Labute approximate surface area is 128 Å². The van der Waals surface area contributed by atoms with Crippen molar-refractivity contribution in [3.8, 4) is 0 Å². The Bertz CT molecular complexity index is 308. The summed E-state index contributed by atoms with van der Waals surface area (Å²) in [4.78, 5) is 22.9. The molecule has 0 radical (unpaired) electrons. The van der Waals surface area contributed by atoms with Crippen LogP contribution in [0.4, 0.5) is 0 Å². The fourth-order valence-corrected chi connectivity index (χ4v) is 2.56. The van der Waals surface area contributed by atoms with Crippen LogP contribution in [-0.4, -0.2) is 31.1 Å². The second-order valence-electron chi connectivity index (χ2n) is 5.80. The zero-order valence-corrected chi connectivity index (χ0v) is 13.1. The summed E-state index contributed by atoms with van der Waals surface area (Å²) < 4.78 is 4.81. The van der Waals surface area contributed by atoms with Crippen LogP contribution in [0.2, 0.25) is 0 Å². The maximum absolute atomic E-state index is 11.7. The van der Waals surface area contributed by atoms with Crippen molar-refractivity contribution in [2.24, 2.45) is 5.73 Å². The SMILES string of the molecule is NCCCCCCCCCCCC(=O)N[C@H]1CCOC1=O. The number of nitrogens with two attached hydrogens (primary N) is 1. The van der Waals surface area contributed by atoms with Crippen molar-refractivity contribution in [2.45, 2.75) is 76.7 Å². The number of hydrogen-bond acceptors (Lipinski definition) is 4. The molecule has 1 heterocycles. The third kappa shape index (κ3) is 8.71. The number of amides is 1. The first-order valence-electron chi connectivity index (χ1n) is 8.40. The normalized spacial score (nSPS) is 17.8. The van der Waals surface area contributed by atoms with Gasteiger partial charge < -0.3 is 15.8 Å². The summed E-state index contributed by atoms with van der Waals surface area (Å²) in [5.74, 6) is -0.321. The highest BCUT2D eigenvalue weighted by molar-refractivity contribution is 5.85. The molecule has 1 atom stereocenters. The fourth-order valence-electron chi connectivity index (χ4n) is 2.56. The summed E-state index contributed by atoms with van der Waals surface area (Å²) in [5, 5.41) is 2.74. The van der Waals surface area contributed by atoms with Crippen LogP contribution in [0.25, 0.3) is 0 Å². The molecule has 21 heavy (non-hydrogen) atoms. The number of carbonyl (C=O) groups excluding carboxylic acids is 2. The van der Waals surface area contributed by atoms with Crippen molar-refractivity contribution < 1.29 is 14.3 Å². The molecule has 5 nitrogen and oxygen atoms in total. The molecule has 0 aromatic heterocycles. The van der Waals surface area contributed by atoms with E-state index in [0.29, 0.717) is 19.4 Å². The van der Waals surface area contributed by atoms with E-state index >= 15 is 0 Å². The van der Waals surface area contributed by atoms with Crippen LogP contribution >= 0.6 is 0 Å². The Hall–Kier alpha value is -1.10. The van der Waals surface area contributed by atoms with Gasteiger partial charge in [-0.1, -0.05) is 44.9 Å². The average Bonchev–Trinajstić information content (AvgIpc) is 2.86. The highest BCUT2D eigenvalue weighted by Crippen LogP contribution is 2.11. The number of rotatable bonds is 12. The van der Waals surface area contributed by atoms with E-state index in [1.807, 2.05) is 0 Å². The van der Waals surface area contributed by atoms with E-state index in [-0.39, 0.29) is 11.9 Å². The van der Waals surface area contributed by atoms with Crippen molar-refractivity contribution in [3.05, 3.63) is 0 Å². The van der Waals surface area contributed by atoms with Gasteiger partial charge in [-0.3, -0.25) is 4.79 Å². The maximum atomic E-state index is 11.7. The predicted molar refractivity (Wildman–Crippen MR) is 82.7 cm³/mol. The van der Waals surface area contributed by atoms with Crippen molar-refractivity contribution in [2.75, 3.05) is 13.2 Å². The average molecular weight is 298 g/mol. The third-order valence-corrected chi connectivity index (χ3v) is 3.88. The molecule has 0 aromatic rings. The number of hydrogen-bond donors (Lipinski definition) is 2. The topological polar surface area (TPSA) is 81.4 Å². The van der Waals surface area contributed by atoms with Crippen molar-refractivity contribution >= 4 is 11.9 Å². The molecule has 122 valence electrons. The van der Waals surface area contributed by atoms with Crippen molar-refractivity contribution in [3.63, 3.8) is 0 Å². The first-order valence-corrected chi connectivity index (χ1v) is 8.40. The maximum Gasteiger partial charge on any atom is 0.328 e. The lowest BCUT2D eigenvalue weighted by Gasteiger charge is -2.08. The molecule has 1 amide bonds. The molecule has 1 aliphatic heterocycles. The predicted octanol–water partition coefficient (Wildman–Crippen LogP) is 2.28. The van der Waals surface area contributed by atoms with E-state index in [0.717, 1.165) is 25.8 Å². The number of carbonyl (C=O) groups is 2. The molecule has 0 unspecified atom stereocenters. The number of nitrogens with one attached hydrogen (secondary N) is 1. The zero-order chi connectivity index (χ0) is 15.3. The standard InChI is InChI=1S/C16H30N2O3/c17-12-9-7-5-3-1-2-4-6-8-10-15(19)18-14-11-13-21-16(14)20/h14H,1-13,17H2,(H,18,19)/t14-/m0/s1. The number of ether oxygens (including phenoxy) is 1. The van der Waals surface area contributed by atoms with Crippen LogP contribution in [-0.2, 0) is 14.3 Å². The van der Waals surface area contributed by atoms with Gasteiger partial charge in [-0.2, -0.15) is 0 Å². The van der Waals surface area contributed by atoms with E-state index in [2.05, 4.69) is 5.32 Å². The van der Waals surface area contributed by atoms with Gasteiger partial charge in [-0.25, -0.2) is 4.79 Å². The van der Waals surface area contributed by atoms with E-state index in [4.69, 9.17) is 10.5 Å². The van der Waals surface area contributed by atoms with Crippen molar-refractivity contribution in [1.29, 1.82) is 0 Å². The Balaban J connectivity index is 1.85. The second-order valence-corrected chi connectivity index (χ2v) is 5.80. The van der Waals surface area contributed by atoms with Gasteiger partial charge in [-0.15, -0.1) is 0 Å². The van der Waals surface area contributed by atoms with Gasteiger partial charge in [0.05, 0.1) is 6.61 Å². The quantitative estimate of drug-likeness (QED) is 0.428. The minimum atomic E-state index is -0.411. The molecule has 0 bridgehead atoms. The molecule has 5 heteroatoms. The zero-order valence-electron chi connectivity index (χ0n) is 13.1. The van der Waals surface area contributed by atoms with Crippen LogP contribution in [0.3, 0.4) is 0 Å². The largest absolute Gasteiger partial charge is 0.464 e. The van der Waals surface area contributed by atoms with Crippen LogP contribution < -0.4 is 11.1 Å². The summed E-state index contributed by atoms with van der Waals surface area (Å²) in [6.45, 7) is 1.23. The van der Waals surface area contributed by atoms with Gasteiger partial charge in [0.15, 0.2) is 0 Å². The van der Waals surface area contributed by atoms with Gasteiger partial charge in [0.25, 0.3) is 0 Å². The summed E-state index contributed by atoms with van der Waals surface area (Å²) in [6, 6.07) is -0.411. The number of cyclic esters (lactones) is 1. The van der Waals surface area contributed by atoms with Gasteiger partial charge >= 0.3 is 5.97 Å². The first-order chi connectivity index (χ1) is 10.2. The van der Waals surface area contributed by atoms with Crippen LogP contribution in [0.15, 0.2) is 0 Å². The van der Waals surface area contributed by atoms with E-state index < -0.39 is 6.04 Å². The van der Waals surface area contributed by atoms with Crippen molar-refractivity contribution in [1.82, 2.24) is 5.32 Å². The Morgan fingerprint density at radius 3 is 2.14 bits per heavy atom. The molecule has 0 spiro atoms. The molecule has 1 aliphatic rings. The minimum absolute atomic E-state index is 0.0272. The smallest absolute Gasteiger partial charge is 0.328 e. The summed E-state index contributed by atoms with van der Waals surface area (Å²) >= 11 is 0. The van der Waals surface area contributed by atoms with E-state index in [1.165, 1.54) is 38.5 Å². The number of esters is 1. The Morgan fingerprint density at radius 2 is 1.62 bits per heavy atom. The molecule has 1 rings (SSSR count). The molecule has 0 saturated carbocycles.